The van der Waals surface area contributed by atoms with E-state index in [1.807, 2.05) is 66.7 Å². The van der Waals surface area contributed by atoms with Gasteiger partial charge in [0.25, 0.3) is 10.1 Å². The molecule has 0 fully saturated rings. The van der Waals surface area contributed by atoms with Crippen LogP contribution in [0.25, 0.3) is 0 Å². The molecule has 3 N–H and O–H groups in total. The van der Waals surface area contributed by atoms with E-state index in [0.29, 0.717) is 0 Å². The second-order valence-electron chi connectivity index (χ2n) is 4.98. The molecule has 0 saturated heterocycles. The molecule has 4 nitrogen and oxygen atoms in total. The summed E-state index contributed by atoms with van der Waals surface area (Å²) in [7, 11) is -5.10. The van der Waals surface area contributed by atoms with Crippen molar-refractivity contribution in [2.45, 2.75) is 4.90 Å². The number of rotatable bonds is 4. The van der Waals surface area contributed by atoms with Gasteiger partial charge in [-0.1, -0.05) is 72.8 Å². The van der Waals surface area contributed by atoms with E-state index in [1.165, 1.54) is 6.07 Å². The second kappa shape index (κ2) is 7.69. The van der Waals surface area contributed by atoms with Crippen LogP contribution in [0.15, 0.2) is 89.8 Å². The molecule has 24 heavy (non-hydrogen) atoms. The van der Waals surface area contributed by atoms with E-state index >= 15 is 0 Å². The molecule has 0 saturated carbocycles. The Hall–Kier alpha value is -2.04. The lowest BCUT2D eigenvalue weighted by Gasteiger charge is -2.19. The van der Waals surface area contributed by atoms with Crippen molar-refractivity contribution < 1.29 is 18.4 Å². The third-order valence-electron chi connectivity index (χ3n) is 3.40. The van der Waals surface area contributed by atoms with E-state index in [0.717, 1.165) is 15.9 Å². The summed E-state index contributed by atoms with van der Waals surface area (Å²) in [6.07, 6.45) is 0. The molecule has 3 aromatic rings. The highest BCUT2D eigenvalue weighted by Gasteiger charge is 2.18. The minimum absolute atomic E-state index is 0. The molecule has 0 radical (unpaired) electrons. The summed E-state index contributed by atoms with van der Waals surface area (Å²) in [6, 6.07) is 26.5. The maximum atomic E-state index is 11.4. The van der Waals surface area contributed by atoms with Crippen molar-refractivity contribution in [3.8, 4) is 0 Å². The Labute approximate surface area is 142 Å². The van der Waals surface area contributed by atoms with Crippen LogP contribution in [-0.4, -0.2) is 18.4 Å². The molecule has 0 aromatic heterocycles. The molecule has 0 aliphatic heterocycles. The first-order valence-electron chi connectivity index (χ1n) is 7.03. The topological polar surface area (TPSA) is 85.9 Å². The number of benzene rings is 3. The van der Waals surface area contributed by atoms with Crippen LogP contribution in [0, 0.1) is 0 Å². The molecule has 0 bridgehead atoms. The summed E-state index contributed by atoms with van der Waals surface area (Å²) in [5.41, 5.74) is 0. The van der Waals surface area contributed by atoms with Gasteiger partial charge < -0.3 is 5.48 Å². The van der Waals surface area contributed by atoms with Crippen LogP contribution in [0.5, 0.6) is 0 Å². The van der Waals surface area contributed by atoms with Crippen LogP contribution in [0.4, 0.5) is 0 Å². The van der Waals surface area contributed by atoms with E-state index in [9.17, 15) is 13.0 Å². The molecule has 0 amide bonds. The van der Waals surface area contributed by atoms with Crippen molar-refractivity contribution in [2.75, 3.05) is 0 Å². The Morgan fingerprint density at radius 2 is 1.12 bits per heavy atom. The van der Waals surface area contributed by atoms with Crippen molar-refractivity contribution in [1.82, 2.24) is 0 Å². The number of hydrogen-bond donors (Lipinski definition) is 1. The van der Waals surface area contributed by atoms with Crippen molar-refractivity contribution in [3.05, 3.63) is 84.9 Å². The van der Waals surface area contributed by atoms with Crippen LogP contribution in [0.3, 0.4) is 0 Å². The summed E-state index contributed by atoms with van der Waals surface area (Å²) in [5, 5.41) is 3.13. The minimum atomic E-state index is -4.21. The SMILES string of the molecule is O.O=S(=O)(O)c1cccc(P(c2ccccc2)c2ccccc2)c1. The smallest absolute Gasteiger partial charge is 0.294 e. The molecule has 0 atom stereocenters. The summed E-state index contributed by atoms with van der Waals surface area (Å²) in [6.45, 7) is 0. The molecule has 124 valence electrons. The van der Waals surface area contributed by atoms with Crippen LogP contribution in [0.2, 0.25) is 0 Å². The zero-order valence-corrected chi connectivity index (χ0v) is 14.4. The van der Waals surface area contributed by atoms with Gasteiger partial charge in [0.15, 0.2) is 0 Å². The van der Waals surface area contributed by atoms with Gasteiger partial charge in [0, 0.05) is 0 Å². The average Bonchev–Trinajstić information content (AvgIpc) is 2.57. The van der Waals surface area contributed by atoms with Gasteiger partial charge in [-0.15, -0.1) is 0 Å². The quantitative estimate of drug-likeness (QED) is 0.569. The van der Waals surface area contributed by atoms with Crippen molar-refractivity contribution in [1.29, 1.82) is 0 Å². The summed E-state index contributed by atoms with van der Waals surface area (Å²) < 4.78 is 32.2. The van der Waals surface area contributed by atoms with Gasteiger partial charge in [0.1, 0.15) is 0 Å². The first kappa shape index (κ1) is 18.3. The van der Waals surface area contributed by atoms with Gasteiger partial charge in [-0.3, -0.25) is 4.55 Å². The molecule has 0 heterocycles. The highest BCUT2D eigenvalue weighted by Crippen LogP contribution is 2.33. The molecule has 3 rings (SSSR count). The summed E-state index contributed by atoms with van der Waals surface area (Å²) in [5.74, 6) is 0. The van der Waals surface area contributed by atoms with Crippen molar-refractivity contribution >= 4 is 34.0 Å². The standard InChI is InChI=1S/C18H15O3PS.H2O/c19-23(20,21)18-13-7-12-17(14-18)22(15-8-3-1-4-9-15)16-10-5-2-6-11-16;/h1-14H,(H,19,20,21);1H2. The van der Waals surface area contributed by atoms with Gasteiger partial charge in [0.05, 0.1) is 4.90 Å². The van der Waals surface area contributed by atoms with Gasteiger partial charge in [-0.25, -0.2) is 0 Å². The molecular formula is C18H17O4PS. The maximum absolute atomic E-state index is 11.4. The van der Waals surface area contributed by atoms with Crippen molar-refractivity contribution in [2.24, 2.45) is 0 Å². The third kappa shape index (κ3) is 4.08. The maximum Gasteiger partial charge on any atom is 0.294 e. The minimum Gasteiger partial charge on any atom is -0.412 e. The average molecular weight is 360 g/mol. The predicted octanol–water partition coefficient (Wildman–Crippen LogP) is 1.87. The van der Waals surface area contributed by atoms with Crippen LogP contribution < -0.4 is 15.9 Å². The molecule has 0 spiro atoms. The normalized spacial score (nSPS) is 11.1. The highest BCUT2D eigenvalue weighted by molar-refractivity contribution is 7.86. The van der Waals surface area contributed by atoms with Crippen LogP contribution in [0.1, 0.15) is 0 Å². The zero-order chi connectivity index (χ0) is 16.3. The Kier molecular flexibility index (Phi) is 5.86. The monoisotopic (exact) mass is 360 g/mol. The van der Waals surface area contributed by atoms with Gasteiger partial charge in [-0.2, -0.15) is 8.42 Å². The summed E-state index contributed by atoms with van der Waals surface area (Å²) in [4.78, 5) is -0.0747. The van der Waals surface area contributed by atoms with E-state index < -0.39 is 18.0 Å². The van der Waals surface area contributed by atoms with Crippen LogP contribution >= 0.6 is 7.92 Å². The Morgan fingerprint density at radius 3 is 1.58 bits per heavy atom. The first-order chi connectivity index (χ1) is 11.1. The Balaban J connectivity index is 0.00000208. The molecule has 0 aliphatic rings. The molecular weight excluding hydrogens is 343 g/mol. The molecule has 3 aromatic carbocycles. The fourth-order valence-electron chi connectivity index (χ4n) is 2.38. The lowest BCUT2D eigenvalue weighted by atomic mass is 10.3. The lowest BCUT2D eigenvalue weighted by molar-refractivity contribution is 0.483. The third-order valence-corrected chi connectivity index (χ3v) is 6.68. The predicted molar refractivity (Wildman–Crippen MR) is 98.6 cm³/mol. The Bertz CT molecular complexity index is 857. The fourth-order valence-corrected chi connectivity index (χ4v) is 5.34. The van der Waals surface area contributed by atoms with Gasteiger partial charge in [0.2, 0.25) is 0 Å². The van der Waals surface area contributed by atoms with E-state index in [2.05, 4.69) is 0 Å². The molecule has 0 aliphatic carbocycles. The fraction of sp³-hybridized carbons (Fsp3) is 0. The van der Waals surface area contributed by atoms with E-state index in [1.54, 1.807) is 12.1 Å². The van der Waals surface area contributed by atoms with E-state index in [4.69, 9.17) is 0 Å². The first-order valence-corrected chi connectivity index (χ1v) is 9.82. The second-order valence-corrected chi connectivity index (χ2v) is 8.62. The largest absolute Gasteiger partial charge is 0.412 e. The zero-order valence-electron chi connectivity index (χ0n) is 12.7. The van der Waals surface area contributed by atoms with Crippen LogP contribution in [-0.2, 0) is 10.1 Å². The van der Waals surface area contributed by atoms with E-state index in [-0.39, 0.29) is 10.4 Å². The lowest BCUT2D eigenvalue weighted by Crippen LogP contribution is -2.21. The highest BCUT2D eigenvalue weighted by atomic mass is 32.2. The number of hydrogen-bond acceptors (Lipinski definition) is 2. The molecule has 0 unspecified atom stereocenters. The molecule has 6 heteroatoms. The van der Waals surface area contributed by atoms with Gasteiger partial charge in [-0.05, 0) is 36.0 Å². The Morgan fingerprint density at radius 1 is 0.667 bits per heavy atom. The summed E-state index contributed by atoms with van der Waals surface area (Å²) >= 11 is 0. The van der Waals surface area contributed by atoms with Crippen molar-refractivity contribution in [3.63, 3.8) is 0 Å². The van der Waals surface area contributed by atoms with Gasteiger partial charge >= 0.3 is 0 Å².